The van der Waals surface area contributed by atoms with E-state index in [1.165, 1.54) is 0 Å². The number of aryl methyl sites for hydroxylation is 1. The van der Waals surface area contributed by atoms with Crippen molar-refractivity contribution in [3.8, 4) is 0 Å². The molecule has 0 aliphatic heterocycles. The molecule has 1 amide bonds. The van der Waals surface area contributed by atoms with Gasteiger partial charge in [0.15, 0.2) is 0 Å². The molecule has 2 rings (SSSR count). The van der Waals surface area contributed by atoms with Crippen LogP contribution in [0.4, 0.5) is 5.69 Å². The lowest BCUT2D eigenvalue weighted by molar-refractivity contribution is -0.120. The highest BCUT2D eigenvalue weighted by Gasteiger charge is 2.49. The van der Waals surface area contributed by atoms with Crippen molar-refractivity contribution in [2.45, 2.75) is 19.8 Å². The fraction of sp³-hybridized carbons (Fsp3) is 0.462. The lowest BCUT2D eigenvalue weighted by Gasteiger charge is -2.16. The molecular weight excluding hydrogens is 236 g/mol. The Balaban J connectivity index is 2.11. The Morgan fingerprint density at radius 1 is 1.47 bits per heavy atom. The number of hydrogen-bond donors (Lipinski definition) is 2. The van der Waals surface area contributed by atoms with Gasteiger partial charge in [0.05, 0.1) is 5.41 Å². The van der Waals surface area contributed by atoms with E-state index in [2.05, 4.69) is 10.6 Å². The van der Waals surface area contributed by atoms with Crippen LogP contribution in [-0.2, 0) is 4.79 Å². The number of amides is 1. The van der Waals surface area contributed by atoms with Gasteiger partial charge in [-0.15, -0.1) is 0 Å². The molecule has 1 saturated carbocycles. The fourth-order valence-corrected chi connectivity index (χ4v) is 2.13. The molecule has 0 heterocycles. The first kappa shape index (κ1) is 12.4. The minimum Gasteiger partial charge on any atom is -0.325 e. The zero-order valence-electron chi connectivity index (χ0n) is 10.1. The zero-order chi connectivity index (χ0) is 12.5. The van der Waals surface area contributed by atoms with E-state index in [0.717, 1.165) is 30.6 Å². The molecule has 0 bridgehead atoms. The van der Waals surface area contributed by atoms with E-state index in [1.54, 1.807) is 6.07 Å². The van der Waals surface area contributed by atoms with Crippen LogP contribution in [0.1, 0.15) is 18.4 Å². The summed E-state index contributed by atoms with van der Waals surface area (Å²) in [4.78, 5) is 12.2. The molecule has 0 aromatic heterocycles. The van der Waals surface area contributed by atoms with Crippen molar-refractivity contribution >= 4 is 23.2 Å². The third-order valence-electron chi connectivity index (χ3n) is 3.30. The van der Waals surface area contributed by atoms with Crippen molar-refractivity contribution < 1.29 is 4.79 Å². The smallest absolute Gasteiger partial charge is 0.231 e. The molecule has 92 valence electrons. The van der Waals surface area contributed by atoms with Gasteiger partial charge in [-0.25, -0.2) is 0 Å². The highest BCUT2D eigenvalue weighted by atomic mass is 35.5. The predicted octanol–water partition coefficient (Wildman–Crippen LogP) is 2.59. The second kappa shape index (κ2) is 4.67. The summed E-state index contributed by atoms with van der Waals surface area (Å²) >= 11 is 5.93. The van der Waals surface area contributed by atoms with Gasteiger partial charge >= 0.3 is 0 Å². The summed E-state index contributed by atoms with van der Waals surface area (Å²) in [5, 5.41) is 6.69. The normalized spacial score (nSPS) is 16.6. The van der Waals surface area contributed by atoms with Gasteiger partial charge in [0.1, 0.15) is 0 Å². The number of halogens is 1. The summed E-state index contributed by atoms with van der Waals surface area (Å²) in [5.41, 5.74) is 1.64. The van der Waals surface area contributed by atoms with Gasteiger partial charge < -0.3 is 10.6 Å². The zero-order valence-corrected chi connectivity index (χ0v) is 10.9. The number of carbonyl (C=O) groups is 1. The second-order valence-corrected chi connectivity index (χ2v) is 5.16. The maximum absolute atomic E-state index is 12.2. The van der Waals surface area contributed by atoms with Crippen LogP contribution in [0.15, 0.2) is 18.2 Å². The molecule has 0 unspecified atom stereocenters. The maximum Gasteiger partial charge on any atom is 0.231 e. The van der Waals surface area contributed by atoms with E-state index in [-0.39, 0.29) is 11.3 Å². The van der Waals surface area contributed by atoms with E-state index < -0.39 is 0 Å². The summed E-state index contributed by atoms with van der Waals surface area (Å²) in [6.45, 7) is 2.70. The van der Waals surface area contributed by atoms with Gasteiger partial charge in [0.25, 0.3) is 0 Å². The van der Waals surface area contributed by atoms with Gasteiger partial charge in [-0.05, 0) is 44.5 Å². The summed E-state index contributed by atoms with van der Waals surface area (Å²) in [7, 11) is 1.87. The van der Waals surface area contributed by atoms with Crippen molar-refractivity contribution in [3.05, 3.63) is 28.8 Å². The van der Waals surface area contributed by atoms with E-state index in [4.69, 9.17) is 11.6 Å². The Kier molecular flexibility index (Phi) is 3.40. The first-order chi connectivity index (χ1) is 8.07. The Morgan fingerprint density at radius 2 is 2.18 bits per heavy atom. The molecule has 0 spiro atoms. The average Bonchev–Trinajstić information content (AvgIpc) is 3.05. The third-order valence-corrected chi connectivity index (χ3v) is 3.53. The second-order valence-electron chi connectivity index (χ2n) is 4.72. The Bertz CT molecular complexity index is 441. The number of anilines is 1. The topological polar surface area (TPSA) is 41.1 Å². The van der Waals surface area contributed by atoms with E-state index >= 15 is 0 Å². The van der Waals surface area contributed by atoms with Gasteiger partial charge in [-0.3, -0.25) is 4.79 Å². The number of nitrogens with one attached hydrogen (secondary N) is 2. The lowest BCUT2D eigenvalue weighted by Crippen LogP contribution is -2.32. The van der Waals surface area contributed by atoms with Crippen molar-refractivity contribution in [1.29, 1.82) is 0 Å². The molecule has 0 saturated heterocycles. The third kappa shape index (κ3) is 2.61. The molecule has 1 aromatic carbocycles. The monoisotopic (exact) mass is 252 g/mol. The molecule has 1 aromatic rings. The molecule has 17 heavy (non-hydrogen) atoms. The SMILES string of the molecule is CNCC1(C(=O)Nc2cc(Cl)ccc2C)CC1. The van der Waals surface area contributed by atoms with Gasteiger partial charge in [-0.2, -0.15) is 0 Å². The number of benzene rings is 1. The number of carbonyl (C=O) groups excluding carboxylic acids is 1. The maximum atomic E-state index is 12.2. The highest BCUT2D eigenvalue weighted by Crippen LogP contribution is 2.46. The Labute approximate surface area is 107 Å². The first-order valence-electron chi connectivity index (χ1n) is 5.80. The minimum atomic E-state index is -0.205. The lowest BCUT2D eigenvalue weighted by atomic mass is 10.1. The average molecular weight is 253 g/mol. The number of hydrogen-bond acceptors (Lipinski definition) is 2. The van der Waals surface area contributed by atoms with Crippen molar-refractivity contribution in [2.75, 3.05) is 18.9 Å². The van der Waals surface area contributed by atoms with Crippen LogP contribution < -0.4 is 10.6 Å². The van der Waals surface area contributed by atoms with Crippen molar-refractivity contribution in [3.63, 3.8) is 0 Å². The quantitative estimate of drug-likeness (QED) is 0.865. The van der Waals surface area contributed by atoms with Gasteiger partial charge in [0, 0.05) is 17.3 Å². The molecule has 1 aliphatic carbocycles. The van der Waals surface area contributed by atoms with Crippen LogP contribution in [0.3, 0.4) is 0 Å². The van der Waals surface area contributed by atoms with Crippen LogP contribution >= 0.6 is 11.6 Å². The van der Waals surface area contributed by atoms with Crippen LogP contribution in [0.2, 0.25) is 5.02 Å². The van der Waals surface area contributed by atoms with Crippen LogP contribution in [0.25, 0.3) is 0 Å². The minimum absolute atomic E-state index is 0.0946. The predicted molar refractivity (Wildman–Crippen MR) is 70.4 cm³/mol. The summed E-state index contributed by atoms with van der Waals surface area (Å²) in [6.07, 6.45) is 1.92. The Morgan fingerprint density at radius 3 is 2.76 bits per heavy atom. The van der Waals surface area contributed by atoms with Crippen LogP contribution in [-0.4, -0.2) is 19.5 Å². The van der Waals surface area contributed by atoms with Crippen molar-refractivity contribution in [1.82, 2.24) is 5.32 Å². The van der Waals surface area contributed by atoms with Crippen molar-refractivity contribution in [2.24, 2.45) is 5.41 Å². The first-order valence-corrected chi connectivity index (χ1v) is 6.17. The molecule has 3 nitrogen and oxygen atoms in total. The van der Waals surface area contributed by atoms with E-state index in [9.17, 15) is 4.79 Å². The van der Waals surface area contributed by atoms with Crippen LogP contribution in [0.5, 0.6) is 0 Å². The van der Waals surface area contributed by atoms with Gasteiger partial charge in [0.2, 0.25) is 5.91 Å². The molecule has 4 heteroatoms. The molecular formula is C13H17ClN2O. The molecule has 1 fully saturated rings. The summed E-state index contributed by atoms with van der Waals surface area (Å²) in [6, 6.07) is 5.53. The molecule has 0 atom stereocenters. The largest absolute Gasteiger partial charge is 0.325 e. The molecule has 0 radical (unpaired) electrons. The number of rotatable bonds is 4. The van der Waals surface area contributed by atoms with E-state index in [1.807, 2.05) is 26.1 Å². The highest BCUT2D eigenvalue weighted by molar-refractivity contribution is 6.31. The standard InChI is InChI=1S/C13H17ClN2O/c1-9-3-4-10(14)7-11(9)16-12(17)13(5-6-13)8-15-2/h3-4,7,15H,5-6,8H2,1-2H3,(H,16,17). The van der Waals surface area contributed by atoms with E-state index in [0.29, 0.717) is 5.02 Å². The fourth-order valence-electron chi connectivity index (χ4n) is 1.96. The van der Waals surface area contributed by atoms with Gasteiger partial charge in [-0.1, -0.05) is 17.7 Å². The molecule has 2 N–H and O–H groups in total. The Hall–Kier alpha value is -1.06. The molecule has 1 aliphatic rings. The summed E-state index contributed by atoms with van der Waals surface area (Å²) in [5.74, 6) is 0.0946. The van der Waals surface area contributed by atoms with Crippen LogP contribution in [0, 0.1) is 12.3 Å². The summed E-state index contributed by atoms with van der Waals surface area (Å²) < 4.78 is 0.